The van der Waals surface area contributed by atoms with Crippen LogP contribution < -0.4 is 4.90 Å². The van der Waals surface area contributed by atoms with Crippen molar-refractivity contribution in [1.82, 2.24) is 4.98 Å². The summed E-state index contributed by atoms with van der Waals surface area (Å²) in [5.74, 6) is -0.819. The topological polar surface area (TPSA) is 118 Å². The number of nitrogens with zero attached hydrogens (tertiary/aromatic N) is 3. The summed E-state index contributed by atoms with van der Waals surface area (Å²) in [4.78, 5) is 46.9. The zero-order valence-corrected chi connectivity index (χ0v) is 20.5. The van der Waals surface area contributed by atoms with Gasteiger partial charge >= 0.3 is 5.97 Å². The molecule has 0 saturated carbocycles. The molecular formula is C29H24N4O5. The number of carbonyl (C=O) groups excluding carboxylic acids is 2. The van der Waals surface area contributed by atoms with Crippen molar-refractivity contribution in [2.75, 3.05) is 12.0 Å². The number of benzene rings is 3. The Labute approximate surface area is 218 Å². The molecule has 1 aliphatic heterocycles. The largest absolute Gasteiger partial charge is 0.464 e. The molecule has 1 aliphatic rings. The number of rotatable bonds is 7. The Morgan fingerprint density at radius 3 is 2.24 bits per heavy atom. The van der Waals surface area contributed by atoms with Gasteiger partial charge in [0.1, 0.15) is 11.7 Å². The Kier molecular flexibility index (Phi) is 6.82. The van der Waals surface area contributed by atoms with E-state index in [-0.39, 0.29) is 23.8 Å². The third-order valence-electron chi connectivity index (χ3n) is 6.37. The maximum Gasteiger partial charge on any atom is 0.354 e. The van der Waals surface area contributed by atoms with Crippen LogP contribution in [0.4, 0.5) is 11.4 Å². The van der Waals surface area contributed by atoms with Gasteiger partial charge in [0.05, 0.1) is 35.7 Å². The number of aliphatic imine (C=N–C) groups is 1. The highest BCUT2D eigenvalue weighted by Crippen LogP contribution is 2.32. The number of anilines is 1. The predicted molar refractivity (Wildman–Crippen MR) is 142 cm³/mol. The normalized spacial score (nSPS) is 14.9. The van der Waals surface area contributed by atoms with Gasteiger partial charge in [-0.1, -0.05) is 60.7 Å². The fraction of sp³-hybridized carbons (Fsp3) is 0.138. The minimum atomic E-state index is -0.770. The van der Waals surface area contributed by atoms with Gasteiger partial charge in [-0.15, -0.1) is 0 Å². The molecule has 0 aliphatic carbocycles. The second kappa shape index (κ2) is 10.5. The van der Waals surface area contributed by atoms with Crippen LogP contribution in [-0.4, -0.2) is 40.6 Å². The molecule has 0 saturated heterocycles. The van der Waals surface area contributed by atoms with Gasteiger partial charge in [0, 0.05) is 24.1 Å². The molecule has 0 fully saturated rings. The standard InChI is InChI=1S/C29H24N4O5/c1-38-29(35)24-17-25-27(31-24)26(21-12-14-22(15-13-21)33(36)37)30-23(16-19-8-4-2-5-9-19)28(34)32(25)18-20-10-6-3-7-11-20/h2-15,17,23,31H,16,18H2,1H3/t23-/m0/s1. The van der Waals surface area contributed by atoms with Gasteiger partial charge in [0.25, 0.3) is 11.6 Å². The molecule has 0 spiro atoms. The minimum Gasteiger partial charge on any atom is -0.464 e. The Hall–Kier alpha value is -5.05. The second-order valence-electron chi connectivity index (χ2n) is 8.83. The van der Waals surface area contributed by atoms with Crippen molar-refractivity contribution in [2.24, 2.45) is 4.99 Å². The number of aromatic nitrogens is 1. The van der Waals surface area contributed by atoms with Gasteiger partial charge in [-0.3, -0.25) is 19.9 Å². The summed E-state index contributed by atoms with van der Waals surface area (Å²) in [5.41, 5.74) is 3.89. The Morgan fingerprint density at radius 1 is 1.00 bits per heavy atom. The SMILES string of the molecule is COC(=O)c1cc2c([nH]1)C(c1ccc([N+](=O)[O-])cc1)=N[C@@H](Cc1ccccc1)C(=O)N2Cc1ccccc1. The van der Waals surface area contributed by atoms with Crippen molar-refractivity contribution in [1.29, 1.82) is 0 Å². The number of hydrogen-bond acceptors (Lipinski definition) is 6. The van der Waals surface area contributed by atoms with Crippen LogP contribution in [0, 0.1) is 10.1 Å². The van der Waals surface area contributed by atoms with Gasteiger partial charge in [-0.25, -0.2) is 4.79 Å². The summed E-state index contributed by atoms with van der Waals surface area (Å²) in [5, 5.41) is 11.2. The zero-order chi connectivity index (χ0) is 26.6. The average molecular weight is 509 g/mol. The van der Waals surface area contributed by atoms with Crippen LogP contribution in [0.15, 0.2) is 96.0 Å². The van der Waals surface area contributed by atoms with E-state index < -0.39 is 16.9 Å². The molecule has 9 heteroatoms. The first-order valence-electron chi connectivity index (χ1n) is 12.0. The Balaban J connectivity index is 1.68. The number of nitro benzene ring substituents is 1. The molecule has 4 aromatic rings. The number of esters is 1. The monoisotopic (exact) mass is 508 g/mol. The first kappa shape index (κ1) is 24.6. The van der Waals surface area contributed by atoms with Gasteiger partial charge in [-0.05, 0) is 29.3 Å². The average Bonchev–Trinajstić information content (AvgIpc) is 3.35. The number of aromatic amines is 1. The zero-order valence-electron chi connectivity index (χ0n) is 20.5. The number of hydrogen-bond donors (Lipinski definition) is 1. The van der Waals surface area contributed by atoms with Crippen LogP contribution in [0.2, 0.25) is 0 Å². The summed E-state index contributed by atoms with van der Waals surface area (Å²) >= 11 is 0. The summed E-state index contributed by atoms with van der Waals surface area (Å²) < 4.78 is 4.92. The molecular weight excluding hydrogens is 484 g/mol. The molecule has 9 nitrogen and oxygen atoms in total. The molecule has 1 amide bonds. The summed E-state index contributed by atoms with van der Waals surface area (Å²) in [6, 6.07) is 25.9. The summed E-state index contributed by atoms with van der Waals surface area (Å²) in [7, 11) is 1.28. The van der Waals surface area contributed by atoms with Crippen LogP contribution >= 0.6 is 0 Å². The van der Waals surface area contributed by atoms with Crippen molar-refractivity contribution in [3.8, 4) is 0 Å². The molecule has 2 heterocycles. The van der Waals surface area contributed by atoms with Crippen molar-refractivity contribution >= 4 is 29.0 Å². The van der Waals surface area contributed by atoms with E-state index in [4.69, 9.17) is 9.73 Å². The molecule has 0 unspecified atom stereocenters. The highest BCUT2D eigenvalue weighted by atomic mass is 16.6. The van der Waals surface area contributed by atoms with Gasteiger partial charge < -0.3 is 14.6 Å². The molecule has 1 aromatic heterocycles. The third kappa shape index (κ3) is 4.94. The molecule has 1 atom stereocenters. The lowest BCUT2D eigenvalue weighted by Crippen LogP contribution is -2.38. The molecule has 190 valence electrons. The van der Waals surface area contributed by atoms with Crippen molar-refractivity contribution in [2.45, 2.75) is 19.0 Å². The first-order chi connectivity index (χ1) is 18.4. The predicted octanol–water partition coefficient (Wildman–Crippen LogP) is 4.71. The first-order valence-corrected chi connectivity index (χ1v) is 12.0. The van der Waals surface area contributed by atoms with E-state index in [0.29, 0.717) is 29.1 Å². The van der Waals surface area contributed by atoms with Gasteiger partial charge in [0.2, 0.25) is 0 Å². The number of nitrogens with one attached hydrogen (secondary N) is 1. The highest BCUT2D eigenvalue weighted by Gasteiger charge is 2.34. The molecule has 3 aromatic carbocycles. The van der Waals surface area contributed by atoms with E-state index in [9.17, 15) is 19.7 Å². The number of nitro groups is 1. The fourth-order valence-electron chi connectivity index (χ4n) is 4.49. The summed E-state index contributed by atoms with van der Waals surface area (Å²) in [6.45, 7) is 0.263. The van der Waals surface area contributed by atoms with E-state index in [0.717, 1.165) is 11.1 Å². The van der Waals surface area contributed by atoms with Crippen molar-refractivity contribution in [3.63, 3.8) is 0 Å². The number of non-ortho nitro benzene ring substituents is 1. The third-order valence-corrected chi connectivity index (χ3v) is 6.37. The smallest absolute Gasteiger partial charge is 0.354 e. The molecule has 5 rings (SSSR count). The lowest BCUT2D eigenvalue weighted by atomic mass is 10.0. The van der Waals surface area contributed by atoms with Crippen LogP contribution in [0.25, 0.3) is 0 Å². The summed E-state index contributed by atoms with van der Waals surface area (Å²) in [6.07, 6.45) is 0.357. The minimum absolute atomic E-state index is 0.0625. The lowest BCUT2D eigenvalue weighted by Gasteiger charge is -2.24. The quantitative estimate of drug-likeness (QED) is 0.220. The van der Waals surface area contributed by atoms with Crippen molar-refractivity contribution in [3.05, 3.63) is 129 Å². The lowest BCUT2D eigenvalue weighted by molar-refractivity contribution is -0.384. The second-order valence-corrected chi connectivity index (χ2v) is 8.83. The number of carbonyl (C=O) groups is 2. The molecule has 38 heavy (non-hydrogen) atoms. The number of ether oxygens (including phenoxy) is 1. The Bertz CT molecular complexity index is 1510. The van der Waals surface area contributed by atoms with Crippen LogP contribution in [0.1, 0.15) is 32.9 Å². The number of methoxy groups -OCH3 is 1. The van der Waals surface area contributed by atoms with Gasteiger partial charge in [-0.2, -0.15) is 0 Å². The number of fused-ring (bicyclic) bond motifs is 1. The van der Waals surface area contributed by atoms with Crippen molar-refractivity contribution < 1.29 is 19.2 Å². The van der Waals surface area contributed by atoms with Gasteiger partial charge in [0.15, 0.2) is 0 Å². The maximum atomic E-state index is 14.1. The van der Waals surface area contributed by atoms with E-state index in [1.807, 2.05) is 60.7 Å². The molecule has 1 N–H and O–H groups in total. The van der Waals surface area contributed by atoms with E-state index >= 15 is 0 Å². The Morgan fingerprint density at radius 2 is 1.63 bits per heavy atom. The van der Waals surface area contributed by atoms with Crippen LogP contribution in [-0.2, 0) is 22.5 Å². The fourth-order valence-corrected chi connectivity index (χ4v) is 4.49. The van der Waals surface area contributed by atoms with E-state index in [1.165, 1.54) is 19.2 Å². The maximum absolute atomic E-state index is 14.1. The molecule has 0 radical (unpaired) electrons. The highest BCUT2D eigenvalue weighted by molar-refractivity contribution is 6.20. The van der Waals surface area contributed by atoms with Crippen LogP contribution in [0.5, 0.6) is 0 Å². The number of H-pyrrole nitrogens is 1. The number of amides is 1. The van der Waals surface area contributed by atoms with E-state index in [2.05, 4.69) is 4.98 Å². The molecule has 0 bridgehead atoms. The van der Waals surface area contributed by atoms with Crippen LogP contribution in [0.3, 0.4) is 0 Å². The van der Waals surface area contributed by atoms with E-state index in [1.54, 1.807) is 23.1 Å².